The molecule has 0 saturated carbocycles. The Morgan fingerprint density at radius 1 is 0.247 bits per heavy atom. The van der Waals surface area contributed by atoms with Gasteiger partial charge in [-0.25, -0.2) is 19.2 Å². The van der Waals surface area contributed by atoms with E-state index in [9.17, 15) is 39.6 Å². The number of rotatable bonds is 48. The normalized spacial score (nSPS) is 10.7. The van der Waals surface area contributed by atoms with Crippen LogP contribution in [0.25, 0.3) is 0 Å². The number of aryl methyl sites for hydroxylation is 4. The van der Waals surface area contributed by atoms with Crippen molar-refractivity contribution in [2.75, 3.05) is 0 Å². The molecule has 89 heavy (non-hydrogen) atoms. The molecule has 4 aromatic rings. The van der Waals surface area contributed by atoms with Crippen molar-refractivity contribution in [3.8, 4) is 23.0 Å². The van der Waals surface area contributed by atoms with Gasteiger partial charge in [-0.1, -0.05) is 353 Å². The molecule has 0 unspecified atom stereocenters. The number of aromatic carboxylic acids is 4. The first-order valence-corrected chi connectivity index (χ1v) is 34.7. The van der Waals surface area contributed by atoms with Gasteiger partial charge in [-0.15, -0.1) is 0 Å². The van der Waals surface area contributed by atoms with E-state index in [0.717, 1.165) is 51.4 Å². The first-order valence-electron chi connectivity index (χ1n) is 34.7. The van der Waals surface area contributed by atoms with Crippen LogP contribution in [0.15, 0.2) is 72.8 Å². The van der Waals surface area contributed by atoms with Gasteiger partial charge in [0, 0.05) is 0 Å². The van der Waals surface area contributed by atoms with E-state index in [4.69, 9.17) is 20.4 Å². The SMILES string of the molecule is CCCCCCCCCCCCc1cccc(C(=O)O)c1[O-].CCCCCCCCCCCCc1cccc(C(=O)O)c1[O-].CCCCCCCCCCCCc1cccc(C(=O)O)c1[O-].CCCCCCCCCCCCc1cccc(C(=O)O)c1[O-].[Mo+4]. The zero-order valence-corrected chi connectivity index (χ0v) is 57.5. The maximum Gasteiger partial charge on any atom is 4.00 e. The molecule has 0 atom stereocenters. The molecule has 0 bridgehead atoms. The summed E-state index contributed by atoms with van der Waals surface area (Å²) in [5.41, 5.74) is 2.13. The molecule has 0 amide bonds. The molecular formula is C76H116MoO12. The molecule has 4 aromatic carbocycles. The van der Waals surface area contributed by atoms with Gasteiger partial charge in [0.2, 0.25) is 0 Å². The largest absolute Gasteiger partial charge is 4.00 e. The summed E-state index contributed by atoms with van der Waals surface area (Å²) < 4.78 is 0. The van der Waals surface area contributed by atoms with E-state index in [2.05, 4.69) is 27.7 Å². The summed E-state index contributed by atoms with van der Waals surface area (Å²) in [7, 11) is 0. The van der Waals surface area contributed by atoms with Gasteiger partial charge in [0.05, 0.1) is 22.3 Å². The smallest absolute Gasteiger partial charge is 0.872 e. The summed E-state index contributed by atoms with van der Waals surface area (Å²) in [6, 6.07) is 19.2. The van der Waals surface area contributed by atoms with Gasteiger partial charge in [-0.05, 0) is 75.6 Å². The zero-order chi connectivity index (χ0) is 64.8. The van der Waals surface area contributed by atoms with E-state index < -0.39 is 23.9 Å². The molecular weight excluding hydrogens is 1200 g/mol. The van der Waals surface area contributed by atoms with Crippen LogP contribution in [0.4, 0.5) is 0 Å². The summed E-state index contributed by atoms with van der Waals surface area (Å²) in [6.07, 6.45) is 53.1. The standard InChI is InChI=1S/4C19H30O3.Mo/c4*1-2-3-4-5-6-7-8-9-10-11-13-16-14-12-15-17(18(16)20)19(21)22;/h4*12,14-15,20H,2-11,13H2,1H3,(H,21,22);/q;;;;+4/p-4. The van der Waals surface area contributed by atoms with E-state index in [0.29, 0.717) is 47.9 Å². The average molecular weight is 1320 g/mol. The number of carboxylic acids is 4. The molecule has 0 fully saturated rings. The first-order chi connectivity index (χ1) is 42.7. The summed E-state index contributed by atoms with van der Waals surface area (Å²) >= 11 is 0. The topological polar surface area (TPSA) is 241 Å². The quantitative estimate of drug-likeness (QED) is 0.0238. The van der Waals surface area contributed by atoms with Crippen molar-refractivity contribution >= 4 is 23.9 Å². The molecule has 0 aromatic heterocycles. The third kappa shape index (κ3) is 40.9. The summed E-state index contributed by atoms with van der Waals surface area (Å²) in [6.45, 7) is 8.94. The van der Waals surface area contributed by atoms with Crippen molar-refractivity contribution in [1.82, 2.24) is 0 Å². The second-order valence-electron chi connectivity index (χ2n) is 24.1. The van der Waals surface area contributed by atoms with Crippen molar-refractivity contribution in [1.29, 1.82) is 0 Å². The Bertz CT molecular complexity index is 2100. The third-order valence-corrected chi connectivity index (χ3v) is 16.5. The molecule has 0 saturated heterocycles. The number of hydrogen-bond donors (Lipinski definition) is 4. The van der Waals surface area contributed by atoms with Crippen LogP contribution >= 0.6 is 0 Å². The molecule has 4 rings (SSSR count). The van der Waals surface area contributed by atoms with Crippen LogP contribution in [0.2, 0.25) is 0 Å². The molecule has 0 heterocycles. The van der Waals surface area contributed by atoms with Crippen molar-refractivity contribution in [3.05, 3.63) is 117 Å². The van der Waals surface area contributed by atoms with Crippen molar-refractivity contribution in [2.45, 2.75) is 310 Å². The molecule has 498 valence electrons. The average Bonchev–Trinajstić information content (AvgIpc) is 3.71. The van der Waals surface area contributed by atoms with Crippen LogP contribution < -0.4 is 20.4 Å². The monoisotopic (exact) mass is 1320 g/mol. The minimum absolute atomic E-state index is 0. The minimum Gasteiger partial charge on any atom is -0.872 e. The molecule has 4 N–H and O–H groups in total. The number of carbonyl (C=O) groups is 4. The van der Waals surface area contributed by atoms with Gasteiger partial charge >= 0.3 is 44.9 Å². The number of para-hydroxylation sites is 4. The maximum absolute atomic E-state index is 11.9. The Labute approximate surface area is 552 Å². The van der Waals surface area contributed by atoms with E-state index >= 15 is 0 Å². The molecule has 0 radical (unpaired) electrons. The Balaban J connectivity index is 0.00000116. The molecule has 0 aliphatic carbocycles. The van der Waals surface area contributed by atoms with Gasteiger partial charge in [-0.2, -0.15) is 0 Å². The fourth-order valence-electron chi connectivity index (χ4n) is 11.0. The summed E-state index contributed by atoms with van der Waals surface area (Å²) in [4.78, 5) is 43.7. The first kappa shape index (κ1) is 83.6. The maximum atomic E-state index is 11.9. The predicted molar refractivity (Wildman–Crippen MR) is 354 cm³/mol. The van der Waals surface area contributed by atoms with Crippen molar-refractivity contribution < 1.29 is 81.1 Å². The second-order valence-corrected chi connectivity index (χ2v) is 24.1. The van der Waals surface area contributed by atoms with Gasteiger partial charge in [0.15, 0.2) is 0 Å². The molecule has 0 aliphatic rings. The van der Waals surface area contributed by atoms with Gasteiger partial charge < -0.3 is 40.9 Å². The van der Waals surface area contributed by atoms with Gasteiger partial charge in [0.1, 0.15) is 0 Å². The fourth-order valence-corrected chi connectivity index (χ4v) is 11.0. The Hall–Kier alpha value is -5.35. The Kier molecular flexibility index (Phi) is 53.2. The fraction of sp³-hybridized carbons (Fsp3) is 0.632. The minimum atomic E-state index is -1.13. The number of unbranched alkanes of at least 4 members (excludes halogenated alkanes) is 36. The van der Waals surface area contributed by atoms with E-state index in [-0.39, 0.29) is 66.3 Å². The van der Waals surface area contributed by atoms with Crippen LogP contribution in [-0.4, -0.2) is 44.3 Å². The van der Waals surface area contributed by atoms with Crippen molar-refractivity contribution in [3.63, 3.8) is 0 Å². The molecule has 0 spiro atoms. The van der Waals surface area contributed by atoms with Crippen molar-refractivity contribution in [2.24, 2.45) is 0 Å². The molecule has 13 heteroatoms. The second kappa shape index (κ2) is 56.6. The number of benzene rings is 4. The van der Waals surface area contributed by atoms with E-state index in [1.165, 1.54) is 230 Å². The molecule has 0 aliphatic heterocycles. The zero-order valence-electron chi connectivity index (χ0n) is 55.5. The number of hydrogen-bond acceptors (Lipinski definition) is 8. The van der Waals surface area contributed by atoms with Gasteiger partial charge in [0.25, 0.3) is 0 Å². The van der Waals surface area contributed by atoms with Crippen LogP contribution in [0.3, 0.4) is 0 Å². The molecule has 12 nitrogen and oxygen atoms in total. The summed E-state index contributed by atoms with van der Waals surface area (Å²) in [5.74, 6) is -5.77. The van der Waals surface area contributed by atoms with E-state index in [1.807, 2.05) is 0 Å². The van der Waals surface area contributed by atoms with Crippen LogP contribution in [0.5, 0.6) is 23.0 Å². The van der Waals surface area contributed by atoms with Gasteiger partial charge in [-0.3, -0.25) is 0 Å². The summed E-state index contributed by atoms with van der Waals surface area (Å²) in [5, 5.41) is 83.4. The van der Waals surface area contributed by atoms with Crippen LogP contribution in [0, 0.1) is 0 Å². The van der Waals surface area contributed by atoms with Crippen LogP contribution in [-0.2, 0) is 46.7 Å². The third-order valence-electron chi connectivity index (χ3n) is 16.5. The number of carboxylic acid groups (broad SMARTS) is 4. The van der Waals surface area contributed by atoms with Crippen LogP contribution in [0.1, 0.15) is 348 Å². The Morgan fingerprint density at radius 2 is 0.382 bits per heavy atom. The Morgan fingerprint density at radius 3 is 0.517 bits per heavy atom. The predicted octanol–water partition coefficient (Wildman–Crippen LogP) is 19.7. The van der Waals surface area contributed by atoms with E-state index in [1.54, 1.807) is 48.5 Å².